The second-order valence-electron chi connectivity index (χ2n) is 4.41. The number of aryl methyl sites for hydroxylation is 1. The molecule has 1 N–H and O–H groups in total. The van der Waals surface area contributed by atoms with Crippen molar-refractivity contribution in [3.8, 4) is 11.5 Å². The second kappa shape index (κ2) is 7.64. The largest absolute Gasteiger partial charge is 0.497 e. The molecule has 6 heteroatoms. The highest BCUT2D eigenvalue weighted by Gasteiger charge is 2.05. The van der Waals surface area contributed by atoms with E-state index >= 15 is 0 Å². The van der Waals surface area contributed by atoms with Crippen LogP contribution in [0.3, 0.4) is 0 Å². The Kier molecular flexibility index (Phi) is 5.57. The molecule has 0 aliphatic rings. The van der Waals surface area contributed by atoms with Crippen LogP contribution in [0.25, 0.3) is 0 Å². The van der Waals surface area contributed by atoms with Gasteiger partial charge in [-0.1, -0.05) is 6.07 Å². The number of thiazole rings is 1. The van der Waals surface area contributed by atoms with Gasteiger partial charge in [-0.05, 0) is 19.1 Å². The molecular weight excluding hydrogens is 288 g/mol. The molecule has 1 aromatic heterocycles. The normalized spacial score (nSPS) is 10.2. The molecule has 0 spiro atoms. The molecule has 0 atom stereocenters. The zero-order valence-corrected chi connectivity index (χ0v) is 12.9. The van der Waals surface area contributed by atoms with E-state index in [0.29, 0.717) is 19.6 Å². The van der Waals surface area contributed by atoms with Crippen molar-refractivity contribution in [2.75, 3.05) is 20.3 Å². The third-order valence-electron chi connectivity index (χ3n) is 2.74. The first kappa shape index (κ1) is 15.3. The first-order valence-corrected chi connectivity index (χ1v) is 7.50. The molecule has 0 saturated carbocycles. The first-order chi connectivity index (χ1) is 10.2. The molecule has 0 aliphatic heterocycles. The summed E-state index contributed by atoms with van der Waals surface area (Å²) in [7, 11) is 1.61. The first-order valence-electron chi connectivity index (χ1n) is 6.62. The Balaban J connectivity index is 1.68. The SMILES string of the molecule is COc1cccc(OCCNC(=O)Cc2csc(C)n2)c1. The zero-order valence-electron chi connectivity index (χ0n) is 12.1. The third-order valence-corrected chi connectivity index (χ3v) is 3.56. The van der Waals surface area contributed by atoms with Crippen LogP contribution in [0, 0.1) is 6.92 Å². The average Bonchev–Trinajstić information content (AvgIpc) is 2.89. The third kappa shape index (κ3) is 5.07. The minimum atomic E-state index is -0.0467. The van der Waals surface area contributed by atoms with Gasteiger partial charge in [-0.3, -0.25) is 4.79 Å². The summed E-state index contributed by atoms with van der Waals surface area (Å²) in [5, 5.41) is 5.68. The molecule has 0 saturated heterocycles. The summed E-state index contributed by atoms with van der Waals surface area (Å²) < 4.78 is 10.7. The number of aromatic nitrogens is 1. The molecule has 21 heavy (non-hydrogen) atoms. The van der Waals surface area contributed by atoms with Crippen molar-refractivity contribution in [3.63, 3.8) is 0 Å². The van der Waals surface area contributed by atoms with E-state index < -0.39 is 0 Å². The summed E-state index contributed by atoms with van der Waals surface area (Å²) in [6.45, 7) is 2.79. The highest BCUT2D eigenvalue weighted by atomic mass is 32.1. The molecule has 2 aromatic rings. The predicted molar refractivity (Wildman–Crippen MR) is 82.1 cm³/mol. The highest BCUT2D eigenvalue weighted by Crippen LogP contribution is 2.18. The van der Waals surface area contributed by atoms with Crippen molar-refractivity contribution in [1.82, 2.24) is 10.3 Å². The maximum atomic E-state index is 11.7. The standard InChI is InChI=1S/C15H18N2O3S/c1-11-17-12(10-21-11)8-15(18)16-6-7-20-14-5-3-4-13(9-14)19-2/h3-5,9-10H,6-8H2,1-2H3,(H,16,18). The fraction of sp³-hybridized carbons (Fsp3) is 0.333. The van der Waals surface area contributed by atoms with Gasteiger partial charge in [0.05, 0.1) is 30.8 Å². The van der Waals surface area contributed by atoms with Crippen LogP contribution >= 0.6 is 11.3 Å². The van der Waals surface area contributed by atoms with Gasteiger partial charge in [-0.15, -0.1) is 11.3 Å². The predicted octanol–water partition coefficient (Wildman–Crippen LogP) is 2.20. The van der Waals surface area contributed by atoms with Gasteiger partial charge in [0.15, 0.2) is 0 Å². The Labute approximate surface area is 127 Å². The zero-order chi connectivity index (χ0) is 15.1. The minimum absolute atomic E-state index is 0.0467. The number of hydrogen-bond donors (Lipinski definition) is 1. The van der Waals surface area contributed by atoms with E-state index in [1.54, 1.807) is 24.5 Å². The lowest BCUT2D eigenvalue weighted by molar-refractivity contribution is -0.120. The number of nitrogens with zero attached hydrogens (tertiary/aromatic N) is 1. The van der Waals surface area contributed by atoms with Crippen LogP contribution in [0.15, 0.2) is 29.6 Å². The van der Waals surface area contributed by atoms with Crippen molar-refractivity contribution in [3.05, 3.63) is 40.3 Å². The fourth-order valence-corrected chi connectivity index (χ4v) is 2.38. The highest BCUT2D eigenvalue weighted by molar-refractivity contribution is 7.09. The van der Waals surface area contributed by atoms with Gasteiger partial charge in [0, 0.05) is 11.4 Å². The second-order valence-corrected chi connectivity index (χ2v) is 5.47. The summed E-state index contributed by atoms with van der Waals surface area (Å²) in [6.07, 6.45) is 0.309. The van der Waals surface area contributed by atoms with Gasteiger partial charge >= 0.3 is 0 Å². The molecular formula is C15H18N2O3S. The molecule has 0 fully saturated rings. The molecule has 2 rings (SSSR count). The van der Waals surface area contributed by atoms with E-state index in [9.17, 15) is 4.79 Å². The lowest BCUT2D eigenvalue weighted by atomic mass is 10.3. The number of amides is 1. The van der Waals surface area contributed by atoms with Crippen LogP contribution in [-0.2, 0) is 11.2 Å². The summed E-state index contributed by atoms with van der Waals surface area (Å²) in [6, 6.07) is 7.37. The monoisotopic (exact) mass is 306 g/mol. The van der Waals surface area contributed by atoms with Gasteiger partial charge < -0.3 is 14.8 Å². The van der Waals surface area contributed by atoms with E-state index in [2.05, 4.69) is 10.3 Å². The molecule has 5 nitrogen and oxygen atoms in total. The van der Waals surface area contributed by atoms with E-state index in [1.165, 1.54) is 0 Å². The van der Waals surface area contributed by atoms with Crippen molar-refractivity contribution in [2.45, 2.75) is 13.3 Å². The maximum Gasteiger partial charge on any atom is 0.226 e. The number of rotatable bonds is 7. The maximum absolute atomic E-state index is 11.7. The van der Waals surface area contributed by atoms with Gasteiger partial charge in [0.1, 0.15) is 18.1 Å². The molecule has 0 unspecified atom stereocenters. The molecule has 112 valence electrons. The molecule has 1 heterocycles. The molecule has 0 bridgehead atoms. The van der Waals surface area contributed by atoms with Crippen molar-refractivity contribution >= 4 is 17.2 Å². The number of methoxy groups -OCH3 is 1. The Hall–Kier alpha value is -2.08. The minimum Gasteiger partial charge on any atom is -0.497 e. The van der Waals surface area contributed by atoms with Gasteiger partial charge in [0.25, 0.3) is 0 Å². The smallest absolute Gasteiger partial charge is 0.226 e. The summed E-state index contributed by atoms with van der Waals surface area (Å²) in [5.41, 5.74) is 0.809. The van der Waals surface area contributed by atoms with Crippen LogP contribution in [0.1, 0.15) is 10.7 Å². The van der Waals surface area contributed by atoms with Crippen LogP contribution in [0.5, 0.6) is 11.5 Å². The molecule has 1 amide bonds. The molecule has 1 aromatic carbocycles. The Morgan fingerprint density at radius 1 is 1.38 bits per heavy atom. The molecule has 0 radical (unpaired) electrons. The summed E-state index contributed by atoms with van der Waals surface area (Å²) in [5.74, 6) is 1.42. The molecule has 0 aliphatic carbocycles. The van der Waals surface area contributed by atoms with Crippen molar-refractivity contribution in [1.29, 1.82) is 0 Å². The lowest BCUT2D eigenvalue weighted by Gasteiger charge is -2.08. The van der Waals surface area contributed by atoms with Crippen LogP contribution in [0.2, 0.25) is 0 Å². The van der Waals surface area contributed by atoms with Gasteiger partial charge in [-0.25, -0.2) is 4.98 Å². The number of nitrogens with one attached hydrogen (secondary N) is 1. The van der Waals surface area contributed by atoms with Crippen molar-refractivity contribution in [2.24, 2.45) is 0 Å². The summed E-state index contributed by atoms with van der Waals surface area (Å²) >= 11 is 1.55. The van der Waals surface area contributed by atoms with Crippen LogP contribution in [-0.4, -0.2) is 31.2 Å². The number of carbonyl (C=O) groups excluding carboxylic acids is 1. The quantitative estimate of drug-likeness (QED) is 0.797. The van der Waals surface area contributed by atoms with Crippen LogP contribution in [0.4, 0.5) is 0 Å². The Morgan fingerprint density at radius 3 is 2.90 bits per heavy atom. The Bertz CT molecular complexity index is 598. The van der Waals surface area contributed by atoms with E-state index in [0.717, 1.165) is 22.2 Å². The van der Waals surface area contributed by atoms with E-state index in [1.807, 2.05) is 30.5 Å². The lowest BCUT2D eigenvalue weighted by Crippen LogP contribution is -2.29. The Morgan fingerprint density at radius 2 is 2.19 bits per heavy atom. The topological polar surface area (TPSA) is 60.5 Å². The van der Waals surface area contributed by atoms with E-state index in [-0.39, 0.29) is 5.91 Å². The number of ether oxygens (including phenoxy) is 2. The van der Waals surface area contributed by atoms with Crippen LogP contribution < -0.4 is 14.8 Å². The number of benzene rings is 1. The number of carbonyl (C=O) groups is 1. The average molecular weight is 306 g/mol. The number of hydrogen-bond acceptors (Lipinski definition) is 5. The fourth-order valence-electron chi connectivity index (χ4n) is 1.77. The van der Waals surface area contributed by atoms with E-state index in [4.69, 9.17) is 9.47 Å². The summed E-state index contributed by atoms with van der Waals surface area (Å²) in [4.78, 5) is 16.0. The van der Waals surface area contributed by atoms with Crippen molar-refractivity contribution < 1.29 is 14.3 Å². The van der Waals surface area contributed by atoms with Gasteiger partial charge in [0.2, 0.25) is 5.91 Å². The van der Waals surface area contributed by atoms with Gasteiger partial charge in [-0.2, -0.15) is 0 Å².